The van der Waals surface area contributed by atoms with Crippen LogP contribution in [0.4, 0.5) is 4.39 Å². The molecule has 2 nitrogen and oxygen atoms in total. The summed E-state index contributed by atoms with van der Waals surface area (Å²) in [5, 5.41) is 2.16. The van der Waals surface area contributed by atoms with Crippen molar-refractivity contribution in [3.8, 4) is 0 Å². The van der Waals surface area contributed by atoms with Crippen LogP contribution in [0.25, 0.3) is 11.0 Å². The van der Waals surface area contributed by atoms with Crippen LogP contribution in [0.2, 0.25) is 5.02 Å². The molecule has 0 bridgehead atoms. The number of aromatic amines is 1. The van der Waals surface area contributed by atoms with E-state index in [0.29, 0.717) is 4.77 Å². The van der Waals surface area contributed by atoms with Crippen molar-refractivity contribution in [2.45, 2.75) is 19.4 Å². The fraction of sp³-hybridized carbons (Fsp3) is 0.214. The summed E-state index contributed by atoms with van der Waals surface area (Å²) in [6.07, 6.45) is 0.864. The van der Waals surface area contributed by atoms with Gasteiger partial charge in [0.15, 0.2) is 4.77 Å². The number of H-pyrrole nitrogens is 1. The standard InChI is InChI=1S/C14H12ClFN2S2/c1-8(5-9-3-2-4-20-9)18-13-7-11(16)10(15)6-12(13)17-14(18)19/h2-4,6-8H,5H2,1H3,(H,17,19). The van der Waals surface area contributed by atoms with Crippen molar-refractivity contribution in [2.75, 3.05) is 0 Å². The molecule has 0 spiro atoms. The molecule has 2 heterocycles. The summed E-state index contributed by atoms with van der Waals surface area (Å²) in [6, 6.07) is 7.29. The van der Waals surface area contributed by atoms with Gasteiger partial charge in [-0.25, -0.2) is 4.39 Å². The summed E-state index contributed by atoms with van der Waals surface area (Å²) in [5.41, 5.74) is 1.51. The molecule has 1 atom stereocenters. The van der Waals surface area contributed by atoms with Gasteiger partial charge in [-0.15, -0.1) is 11.3 Å². The Labute approximate surface area is 129 Å². The first kappa shape index (κ1) is 13.8. The number of nitrogens with zero attached hydrogens (tertiary/aromatic N) is 1. The largest absolute Gasteiger partial charge is 0.331 e. The summed E-state index contributed by atoms with van der Waals surface area (Å²) < 4.78 is 16.2. The summed E-state index contributed by atoms with van der Waals surface area (Å²) in [5.74, 6) is -0.426. The summed E-state index contributed by atoms with van der Waals surface area (Å²) in [4.78, 5) is 4.37. The Bertz CT molecular complexity index is 805. The summed E-state index contributed by atoms with van der Waals surface area (Å²) in [7, 11) is 0. The number of nitrogens with one attached hydrogen (secondary N) is 1. The highest BCUT2D eigenvalue weighted by Gasteiger charge is 2.14. The molecule has 104 valence electrons. The highest BCUT2D eigenvalue weighted by molar-refractivity contribution is 7.71. The zero-order valence-electron chi connectivity index (χ0n) is 10.7. The second-order valence-corrected chi connectivity index (χ2v) is 6.54. The molecule has 0 amide bonds. The average Bonchev–Trinajstić information content (AvgIpc) is 2.97. The molecule has 0 radical (unpaired) electrons. The van der Waals surface area contributed by atoms with Crippen LogP contribution in [0.15, 0.2) is 29.6 Å². The van der Waals surface area contributed by atoms with Gasteiger partial charge in [0, 0.05) is 23.4 Å². The third kappa shape index (κ3) is 2.41. The van der Waals surface area contributed by atoms with E-state index >= 15 is 0 Å². The number of hydrogen-bond donors (Lipinski definition) is 1. The van der Waals surface area contributed by atoms with E-state index in [-0.39, 0.29) is 11.1 Å². The molecule has 3 rings (SSSR count). The molecule has 2 aromatic heterocycles. The molecule has 20 heavy (non-hydrogen) atoms. The number of aromatic nitrogens is 2. The first-order valence-electron chi connectivity index (χ1n) is 6.18. The minimum absolute atomic E-state index is 0.104. The Morgan fingerprint density at radius 3 is 3.00 bits per heavy atom. The van der Waals surface area contributed by atoms with Crippen molar-refractivity contribution in [1.29, 1.82) is 0 Å². The maximum Gasteiger partial charge on any atom is 0.178 e. The number of benzene rings is 1. The van der Waals surface area contributed by atoms with Crippen LogP contribution in [0.3, 0.4) is 0 Å². The maximum absolute atomic E-state index is 13.7. The van der Waals surface area contributed by atoms with E-state index in [1.165, 1.54) is 10.9 Å². The number of imidazole rings is 1. The van der Waals surface area contributed by atoms with E-state index < -0.39 is 5.82 Å². The predicted octanol–water partition coefficient (Wildman–Crippen LogP) is 5.36. The van der Waals surface area contributed by atoms with E-state index in [1.807, 2.05) is 10.6 Å². The number of halogens is 2. The molecule has 3 aromatic rings. The highest BCUT2D eigenvalue weighted by Crippen LogP contribution is 2.27. The van der Waals surface area contributed by atoms with Gasteiger partial charge in [0.1, 0.15) is 5.82 Å². The van der Waals surface area contributed by atoms with E-state index in [4.69, 9.17) is 23.8 Å². The summed E-state index contributed by atoms with van der Waals surface area (Å²) in [6.45, 7) is 2.08. The Balaban J connectivity index is 2.08. The molecule has 6 heteroatoms. The van der Waals surface area contributed by atoms with Gasteiger partial charge in [-0.1, -0.05) is 17.7 Å². The van der Waals surface area contributed by atoms with Crippen LogP contribution < -0.4 is 0 Å². The van der Waals surface area contributed by atoms with Crippen LogP contribution >= 0.6 is 35.2 Å². The van der Waals surface area contributed by atoms with E-state index in [1.54, 1.807) is 17.4 Å². The van der Waals surface area contributed by atoms with Gasteiger partial charge in [-0.05, 0) is 36.7 Å². The topological polar surface area (TPSA) is 20.7 Å². The lowest BCUT2D eigenvalue weighted by molar-refractivity contribution is 0.555. The van der Waals surface area contributed by atoms with Crippen LogP contribution in [-0.2, 0) is 6.42 Å². The van der Waals surface area contributed by atoms with Crippen LogP contribution in [-0.4, -0.2) is 9.55 Å². The number of fused-ring (bicyclic) bond motifs is 1. The lowest BCUT2D eigenvalue weighted by atomic mass is 10.2. The highest BCUT2D eigenvalue weighted by atomic mass is 35.5. The zero-order chi connectivity index (χ0) is 14.3. The van der Waals surface area contributed by atoms with Crippen LogP contribution in [0, 0.1) is 10.6 Å². The van der Waals surface area contributed by atoms with Gasteiger partial charge in [-0.2, -0.15) is 0 Å². The van der Waals surface area contributed by atoms with Crippen LogP contribution in [0.1, 0.15) is 17.8 Å². The van der Waals surface area contributed by atoms with Crippen molar-refractivity contribution in [1.82, 2.24) is 9.55 Å². The predicted molar refractivity (Wildman–Crippen MR) is 84.8 cm³/mol. The van der Waals surface area contributed by atoms with Crippen LogP contribution in [0.5, 0.6) is 0 Å². The molecule has 1 N–H and O–H groups in total. The molecule has 0 fully saturated rings. The number of rotatable bonds is 3. The smallest absolute Gasteiger partial charge is 0.178 e. The minimum atomic E-state index is -0.426. The van der Waals surface area contributed by atoms with Gasteiger partial charge < -0.3 is 9.55 Å². The van der Waals surface area contributed by atoms with Crippen molar-refractivity contribution >= 4 is 46.2 Å². The minimum Gasteiger partial charge on any atom is -0.331 e. The fourth-order valence-corrected chi connectivity index (χ4v) is 3.75. The molecular weight excluding hydrogens is 315 g/mol. The van der Waals surface area contributed by atoms with Gasteiger partial charge in [0.25, 0.3) is 0 Å². The molecule has 0 aliphatic rings. The van der Waals surface area contributed by atoms with E-state index in [2.05, 4.69) is 23.4 Å². The van der Waals surface area contributed by atoms with Crippen molar-refractivity contribution in [2.24, 2.45) is 0 Å². The van der Waals surface area contributed by atoms with Gasteiger partial charge in [0.05, 0.1) is 16.1 Å². The molecule has 0 aliphatic heterocycles. The lowest BCUT2D eigenvalue weighted by Gasteiger charge is -2.13. The Hall–Kier alpha value is -1.17. The second-order valence-electron chi connectivity index (χ2n) is 4.72. The van der Waals surface area contributed by atoms with Crippen molar-refractivity contribution < 1.29 is 4.39 Å². The molecule has 1 unspecified atom stereocenters. The first-order valence-corrected chi connectivity index (χ1v) is 7.84. The fourth-order valence-electron chi connectivity index (χ4n) is 2.37. The third-order valence-electron chi connectivity index (χ3n) is 3.28. The monoisotopic (exact) mass is 326 g/mol. The van der Waals surface area contributed by atoms with E-state index in [0.717, 1.165) is 17.5 Å². The molecule has 0 saturated carbocycles. The molecule has 1 aromatic carbocycles. The maximum atomic E-state index is 13.7. The van der Waals surface area contributed by atoms with Crippen molar-refractivity contribution in [3.05, 3.63) is 50.1 Å². The Kier molecular flexibility index (Phi) is 3.67. The summed E-state index contributed by atoms with van der Waals surface area (Å²) >= 11 is 12.9. The first-order chi connectivity index (χ1) is 9.56. The van der Waals surface area contributed by atoms with Gasteiger partial charge in [-0.3, -0.25) is 0 Å². The van der Waals surface area contributed by atoms with Gasteiger partial charge >= 0.3 is 0 Å². The Morgan fingerprint density at radius 1 is 1.50 bits per heavy atom. The number of hydrogen-bond acceptors (Lipinski definition) is 2. The second kappa shape index (κ2) is 5.31. The van der Waals surface area contributed by atoms with E-state index in [9.17, 15) is 4.39 Å². The average molecular weight is 327 g/mol. The molecule has 0 saturated heterocycles. The quantitative estimate of drug-likeness (QED) is 0.643. The SMILES string of the molecule is CC(Cc1cccs1)n1c(=S)[nH]c2cc(Cl)c(F)cc21. The number of thiophene rings is 1. The molecule has 0 aliphatic carbocycles. The van der Waals surface area contributed by atoms with Crippen molar-refractivity contribution in [3.63, 3.8) is 0 Å². The lowest BCUT2D eigenvalue weighted by Crippen LogP contribution is -2.07. The van der Waals surface area contributed by atoms with Gasteiger partial charge in [0.2, 0.25) is 0 Å². The molecular formula is C14H12ClFN2S2. The zero-order valence-corrected chi connectivity index (χ0v) is 13.1. The normalized spacial score (nSPS) is 12.9. The Morgan fingerprint density at radius 2 is 2.30 bits per heavy atom. The third-order valence-corrected chi connectivity index (χ3v) is 4.76.